The van der Waals surface area contributed by atoms with E-state index >= 15 is 0 Å². The van der Waals surface area contributed by atoms with Gasteiger partial charge < -0.3 is 4.57 Å². The highest BCUT2D eigenvalue weighted by molar-refractivity contribution is 7.97. The third-order valence-corrected chi connectivity index (χ3v) is 4.92. The van der Waals surface area contributed by atoms with E-state index in [4.69, 9.17) is 0 Å². The maximum Gasteiger partial charge on any atom is 0.263 e. The lowest BCUT2D eigenvalue weighted by molar-refractivity contribution is 0.151. The molecule has 0 spiro atoms. The molecule has 118 valence electrons. The lowest BCUT2D eigenvalue weighted by Crippen LogP contribution is -2.05. The molecule has 1 aromatic heterocycles. The van der Waals surface area contributed by atoms with Gasteiger partial charge in [-0.25, -0.2) is 8.78 Å². The van der Waals surface area contributed by atoms with Crippen LogP contribution < -0.4 is 0 Å². The molecule has 2 heterocycles. The first-order valence-electron chi connectivity index (χ1n) is 7.60. The van der Waals surface area contributed by atoms with Crippen LogP contribution in [0.25, 0.3) is 0 Å². The molecular formula is C16H19F2N3S. The molecule has 0 atom stereocenters. The van der Waals surface area contributed by atoms with E-state index < -0.39 is 6.43 Å². The molecule has 0 aliphatic carbocycles. The number of nitrogens with zero attached hydrogens (tertiary/aromatic N) is 3. The molecule has 0 bridgehead atoms. The molecule has 3 nitrogen and oxygen atoms in total. The first-order chi connectivity index (χ1) is 10.7. The van der Waals surface area contributed by atoms with Crippen molar-refractivity contribution in [3.05, 3.63) is 47.0 Å². The van der Waals surface area contributed by atoms with E-state index in [1.807, 2.05) is 0 Å². The fourth-order valence-electron chi connectivity index (χ4n) is 2.67. The van der Waals surface area contributed by atoms with Gasteiger partial charge in [0.15, 0.2) is 0 Å². The highest BCUT2D eigenvalue weighted by Gasteiger charge is 2.14. The number of rotatable bonds is 5. The van der Waals surface area contributed by atoms with E-state index in [1.165, 1.54) is 31.4 Å². The summed E-state index contributed by atoms with van der Waals surface area (Å²) in [4.78, 5) is 0. The molecule has 1 aliphatic heterocycles. The summed E-state index contributed by atoms with van der Waals surface area (Å²) in [6, 6.07) is 6.56. The fourth-order valence-corrected chi connectivity index (χ4v) is 3.60. The summed E-state index contributed by atoms with van der Waals surface area (Å²) in [5.74, 6) is 3.75. The molecule has 0 amide bonds. The number of hydrogen-bond donors (Lipinski definition) is 0. The van der Waals surface area contributed by atoms with Gasteiger partial charge in [0.05, 0.1) is 5.75 Å². The quantitative estimate of drug-likeness (QED) is 0.818. The monoisotopic (exact) mass is 323 g/mol. The van der Waals surface area contributed by atoms with Crippen LogP contribution in [0.1, 0.15) is 48.5 Å². The lowest BCUT2D eigenvalue weighted by Gasteiger charge is -2.07. The van der Waals surface area contributed by atoms with Gasteiger partial charge in [-0.05, 0) is 18.4 Å². The number of benzene rings is 1. The zero-order chi connectivity index (χ0) is 15.4. The SMILES string of the molecule is FC(F)c1ccc(CSCc2nnc3n2CCCCC3)cc1. The molecule has 2 aromatic rings. The molecule has 0 unspecified atom stereocenters. The maximum absolute atomic E-state index is 12.5. The Balaban J connectivity index is 1.56. The van der Waals surface area contributed by atoms with Gasteiger partial charge >= 0.3 is 0 Å². The molecule has 0 radical (unpaired) electrons. The summed E-state index contributed by atoms with van der Waals surface area (Å²) in [5, 5.41) is 8.59. The largest absolute Gasteiger partial charge is 0.314 e. The number of aromatic nitrogens is 3. The molecule has 1 aliphatic rings. The Morgan fingerprint density at radius 1 is 1.05 bits per heavy atom. The number of halogens is 2. The van der Waals surface area contributed by atoms with Crippen LogP contribution in [-0.2, 0) is 24.5 Å². The number of fused-ring (bicyclic) bond motifs is 1. The summed E-state index contributed by atoms with van der Waals surface area (Å²) in [5.41, 5.74) is 1.14. The Kier molecular flexibility index (Phi) is 5.08. The van der Waals surface area contributed by atoms with E-state index in [1.54, 1.807) is 23.9 Å². The number of hydrogen-bond acceptors (Lipinski definition) is 3. The second kappa shape index (κ2) is 7.22. The minimum absolute atomic E-state index is 0.0801. The third-order valence-electron chi connectivity index (χ3n) is 3.92. The van der Waals surface area contributed by atoms with Crippen LogP contribution >= 0.6 is 11.8 Å². The second-order valence-electron chi connectivity index (χ2n) is 5.53. The topological polar surface area (TPSA) is 30.7 Å². The van der Waals surface area contributed by atoms with Crippen LogP contribution in [0.15, 0.2) is 24.3 Å². The van der Waals surface area contributed by atoms with Crippen LogP contribution in [0, 0.1) is 0 Å². The Morgan fingerprint density at radius 2 is 1.86 bits per heavy atom. The highest BCUT2D eigenvalue weighted by Crippen LogP contribution is 2.23. The van der Waals surface area contributed by atoms with Gasteiger partial charge in [-0.3, -0.25) is 0 Å². The van der Waals surface area contributed by atoms with Crippen LogP contribution in [0.2, 0.25) is 0 Å². The van der Waals surface area contributed by atoms with Crippen molar-refractivity contribution < 1.29 is 8.78 Å². The van der Waals surface area contributed by atoms with E-state index in [0.717, 1.165) is 41.7 Å². The van der Waals surface area contributed by atoms with Gasteiger partial charge in [0, 0.05) is 24.3 Å². The normalized spacial score (nSPS) is 14.9. The first kappa shape index (κ1) is 15.5. The van der Waals surface area contributed by atoms with E-state index in [9.17, 15) is 8.78 Å². The minimum Gasteiger partial charge on any atom is -0.314 e. The summed E-state index contributed by atoms with van der Waals surface area (Å²) >= 11 is 1.75. The van der Waals surface area contributed by atoms with Crippen molar-refractivity contribution in [1.82, 2.24) is 14.8 Å². The molecule has 0 N–H and O–H groups in total. The highest BCUT2D eigenvalue weighted by atomic mass is 32.2. The second-order valence-corrected chi connectivity index (χ2v) is 6.52. The Hall–Kier alpha value is -1.43. The van der Waals surface area contributed by atoms with Crippen molar-refractivity contribution in [3.8, 4) is 0 Å². The van der Waals surface area contributed by atoms with Crippen LogP contribution in [0.4, 0.5) is 8.78 Å². The molecule has 0 fully saturated rings. The van der Waals surface area contributed by atoms with Crippen molar-refractivity contribution in [2.24, 2.45) is 0 Å². The van der Waals surface area contributed by atoms with Crippen molar-refractivity contribution in [2.75, 3.05) is 0 Å². The zero-order valence-electron chi connectivity index (χ0n) is 12.3. The summed E-state index contributed by atoms with van der Waals surface area (Å²) in [6.07, 6.45) is 2.27. The van der Waals surface area contributed by atoms with Gasteiger partial charge in [-0.1, -0.05) is 30.7 Å². The van der Waals surface area contributed by atoms with Gasteiger partial charge in [-0.2, -0.15) is 0 Å². The number of thioether (sulfide) groups is 1. The van der Waals surface area contributed by atoms with Crippen LogP contribution in [0.5, 0.6) is 0 Å². The van der Waals surface area contributed by atoms with Crippen molar-refractivity contribution in [1.29, 1.82) is 0 Å². The van der Waals surface area contributed by atoms with Crippen LogP contribution in [0.3, 0.4) is 0 Å². The third kappa shape index (κ3) is 3.66. The predicted octanol–water partition coefficient (Wildman–Crippen LogP) is 4.38. The molecule has 3 rings (SSSR count). The number of aryl methyl sites for hydroxylation is 1. The Labute approximate surface area is 133 Å². The zero-order valence-corrected chi connectivity index (χ0v) is 13.2. The standard InChI is InChI=1S/C16H19F2N3S/c17-16(18)13-7-5-12(6-8-13)10-22-11-15-20-19-14-4-2-1-3-9-21(14)15/h5-8,16H,1-4,9-11H2. The molecule has 0 saturated carbocycles. The fraction of sp³-hybridized carbons (Fsp3) is 0.500. The first-order valence-corrected chi connectivity index (χ1v) is 8.75. The molecule has 22 heavy (non-hydrogen) atoms. The van der Waals surface area contributed by atoms with E-state index in [0.29, 0.717) is 0 Å². The Bertz CT molecular complexity index is 610. The van der Waals surface area contributed by atoms with E-state index in [-0.39, 0.29) is 5.56 Å². The van der Waals surface area contributed by atoms with Crippen molar-refractivity contribution >= 4 is 11.8 Å². The summed E-state index contributed by atoms with van der Waals surface area (Å²) in [6.45, 7) is 1.02. The summed E-state index contributed by atoms with van der Waals surface area (Å²) < 4.78 is 27.3. The van der Waals surface area contributed by atoms with Gasteiger partial charge in [0.25, 0.3) is 6.43 Å². The minimum atomic E-state index is -2.40. The average Bonchev–Trinajstić information content (AvgIpc) is 2.76. The smallest absolute Gasteiger partial charge is 0.263 e. The van der Waals surface area contributed by atoms with Gasteiger partial charge in [-0.15, -0.1) is 22.0 Å². The number of alkyl halides is 2. The molecule has 6 heteroatoms. The predicted molar refractivity (Wildman–Crippen MR) is 84.0 cm³/mol. The van der Waals surface area contributed by atoms with E-state index in [2.05, 4.69) is 14.8 Å². The summed E-state index contributed by atoms with van der Waals surface area (Å²) in [7, 11) is 0. The average molecular weight is 323 g/mol. The van der Waals surface area contributed by atoms with Gasteiger partial charge in [0.2, 0.25) is 0 Å². The maximum atomic E-state index is 12.5. The van der Waals surface area contributed by atoms with Crippen LogP contribution in [-0.4, -0.2) is 14.8 Å². The molecule has 0 saturated heterocycles. The van der Waals surface area contributed by atoms with Crippen molar-refractivity contribution in [2.45, 2.75) is 50.2 Å². The molecular weight excluding hydrogens is 304 g/mol. The molecule has 1 aromatic carbocycles. The van der Waals surface area contributed by atoms with Crippen molar-refractivity contribution in [3.63, 3.8) is 0 Å². The van der Waals surface area contributed by atoms with Gasteiger partial charge in [0.1, 0.15) is 11.6 Å². The lowest BCUT2D eigenvalue weighted by atomic mass is 10.2. The Morgan fingerprint density at radius 3 is 2.64 bits per heavy atom.